The largest absolute Gasteiger partial charge is 0.365 e. The van der Waals surface area contributed by atoms with E-state index in [0.29, 0.717) is 18.6 Å². The maximum absolute atomic E-state index is 11.6. The second-order valence-corrected chi connectivity index (χ2v) is 3.57. The minimum Gasteiger partial charge on any atom is -0.365 e. The first kappa shape index (κ1) is 9.98. The zero-order chi connectivity index (χ0) is 11.0. The number of hydrogen-bond donors (Lipinski definition) is 0. The van der Waals surface area contributed by atoms with Crippen LogP contribution in [0.2, 0.25) is 0 Å². The van der Waals surface area contributed by atoms with Crippen LogP contribution in [-0.2, 0) is 19.1 Å². The van der Waals surface area contributed by atoms with Gasteiger partial charge in [-0.05, 0) is 19.1 Å². The summed E-state index contributed by atoms with van der Waals surface area (Å²) in [6.45, 7) is 1.67. The van der Waals surface area contributed by atoms with E-state index in [9.17, 15) is 14.4 Å². The van der Waals surface area contributed by atoms with Crippen LogP contribution in [0.25, 0.3) is 0 Å². The summed E-state index contributed by atoms with van der Waals surface area (Å²) in [4.78, 5) is 34.3. The molecule has 1 atom stereocenters. The van der Waals surface area contributed by atoms with Crippen molar-refractivity contribution in [2.45, 2.75) is 19.4 Å². The van der Waals surface area contributed by atoms with E-state index in [1.165, 1.54) is 19.1 Å². The van der Waals surface area contributed by atoms with Crippen molar-refractivity contribution < 1.29 is 19.1 Å². The molecule has 0 N–H and O–H groups in total. The van der Waals surface area contributed by atoms with Crippen LogP contribution in [0.3, 0.4) is 0 Å². The number of carbonyl (C=O) groups excluding carboxylic acids is 3. The Bertz CT molecular complexity index is 414. The average molecular weight is 206 g/mol. The number of carbonyl (C=O) groups is 3. The summed E-state index contributed by atoms with van der Waals surface area (Å²) in [5.41, 5.74) is 0.676. The van der Waals surface area contributed by atoms with Crippen molar-refractivity contribution in [1.82, 2.24) is 0 Å². The first-order valence-corrected chi connectivity index (χ1v) is 4.73. The summed E-state index contributed by atoms with van der Waals surface area (Å²) >= 11 is 0. The van der Waals surface area contributed by atoms with Crippen molar-refractivity contribution in [2.24, 2.45) is 0 Å². The topological polar surface area (TPSA) is 60.4 Å². The van der Waals surface area contributed by atoms with Crippen LogP contribution in [0.5, 0.6) is 0 Å². The van der Waals surface area contributed by atoms with Gasteiger partial charge in [0.15, 0.2) is 17.3 Å². The molecule has 0 bridgehead atoms. The zero-order valence-corrected chi connectivity index (χ0v) is 8.28. The first-order chi connectivity index (χ1) is 7.11. The van der Waals surface area contributed by atoms with Gasteiger partial charge < -0.3 is 4.74 Å². The predicted octanol–water partition coefficient (Wildman–Crippen LogP) is 0.369. The molecule has 4 nitrogen and oxygen atoms in total. The monoisotopic (exact) mass is 206 g/mol. The van der Waals surface area contributed by atoms with Gasteiger partial charge in [-0.2, -0.15) is 0 Å². The Kier molecular flexibility index (Phi) is 2.36. The third-order valence-electron chi connectivity index (χ3n) is 2.54. The Morgan fingerprint density at radius 3 is 2.67 bits per heavy atom. The van der Waals surface area contributed by atoms with Gasteiger partial charge in [-0.15, -0.1) is 0 Å². The number of allylic oxidation sites excluding steroid dienone is 2. The Morgan fingerprint density at radius 1 is 1.33 bits per heavy atom. The van der Waals surface area contributed by atoms with E-state index in [4.69, 9.17) is 4.74 Å². The van der Waals surface area contributed by atoms with Crippen molar-refractivity contribution in [3.63, 3.8) is 0 Å². The molecule has 0 aromatic heterocycles. The Balaban J connectivity index is 2.49. The lowest BCUT2D eigenvalue weighted by Gasteiger charge is -2.26. The van der Waals surface area contributed by atoms with Crippen LogP contribution in [0, 0.1) is 0 Å². The van der Waals surface area contributed by atoms with E-state index in [1.807, 2.05) is 0 Å². The number of rotatable bonds is 1. The van der Waals surface area contributed by atoms with Gasteiger partial charge >= 0.3 is 0 Å². The van der Waals surface area contributed by atoms with Crippen LogP contribution in [0.4, 0.5) is 0 Å². The summed E-state index contributed by atoms with van der Waals surface area (Å²) in [5.74, 6) is -0.706. The summed E-state index contributed by atoms with van der Waals surface area (Å²) in [7, 11) is 0. The van der Waals surface area contributed by atoms with Gasteiger partial charge in [-0.1, -0.05) is 0 Å². The van der Waals surface area contributed by atoms with E-state index >= 15 is 0 Å². The molecule has 1 aliphatic heterocycles. The minimum atomic E-state index is -0.852. The summed E-state index contributed by atoms with van der Waals surface area (Å²) in [6, 6.07) is 0. The van der Waals surface area contributed by atoms with Gasteiger partial charge in [0.25, 0.3) is 0 Å². The molecule has 0 fully saturated rings. The highest BCUT2D eigenvalue weighted by atomic mass is 16.5. The van der Waals surface area contributed by atoms with Crippen molar-refractivity contribution >= 4 is 17.3 Å². The lowest BCUT2D eigenvalue weighted by atomic mass is 9.86. The van der Waals surface area contributed by atoms with E-state index < -0.39 is 6.10 Å². The zero-order valence-electron chi connectivity index (χ0n) is 8.28. The average Bonchev–Trinajstić information content (AvgIpc) is 2.23. The molecule has 2 rings (SSSR count). The molecule has 0 spiro atoms. The van der Waals surface area contributed by atoms with Crippen LogP contribution >= 0.6 is 0 Å². The molecule has 0 aromatic carbocycles. The fourth-order valence-electron chi connectivity index (χ4n) is 1.85. The molecule has 1 aliphatic carbocycles. The van der Waals surface area contributed by atoms with Crippen LogP contribution in [0.1, 0.15) is 13.3 Å². The van der Waals surface area contributed by atoms with Crippen molar-refractivity contribution in [1.29, 1.82) is 0 Å². The SMILES string of the molecule is CC(=O)C1OCCC2=C1C(=O)C=CC2=O. The lowest BCUT2D eigenvalue weighted by molar-refractivity contribution is -0.129. The third kappa shape index (κ3) is 1.57. The molecule has 0 amide bonds. The molecular formula is C11H10O4. The molecule has 2 aliphatic rings. The molecule has 15 heavy (non-hydrogen) atoms. The predicted molar refractivity (Wildman–Crippen MR) is 51.2 cm³/mol. The molecule has 0 radical (unpaired) electrons. The highest BCUT2D eigenvalue weighted by molar-refractivity contribution is 6.22. The van der Waals surface area contributed by atoms with E-state index in [0.717, 1.165) is 0 Å². The van der Waals surface area contributed by atoms with E-state index in [-0.39, 0.29) is 22.9 Å². The van der Waals surface area contributed by atoms with Crippen LogP contribution in [-0.4, -0.2) is 30.1 Å². The number of Topliss-reactive ketones (excluding diaryl/α,β-unsaturated/α-hetero) is 1. The second kappa shape index (κ2) is 3.55. The summed E-state index contributed by atoms with van der Waals surface area (Å²) in [5, 5.41) is 0. The maximum Gasteiger partial charge on any atom is 0.185 e. The molecule has 1 unspecified atom stereocenters. The van der Waals surface area contributed by atoms with Gasteiger partial charge in [-0.3, -0.25) is 14.4 Å². The quantitative estimate of drug-likeness (QED) is 0.581. The highest BCUT2D eigenvalue weighted by Gasteiger charge is 2.34. The van der Waals surface area contributed by atoms with Crippen molar-refractivity contribution in [2.75, 3.05) is 6.61 Å². The number of ether oxygens (including phenoxy) is 1. The van der Waals surface area contributed by atoms with Crippen molar-refractivity contribution in [3.05, 3.63) is 23.3 Å². The molecule has 0 saturated carbocycles. The minimum absolute atomic E-state index is 0.181. The fourth-order valence-corrected chi connectivity index (χ4v) is 1.85. The first-order valence-electron chi connectivity index (χ1n) is 4.73. The Hall–Kier alpha value is -1.55. The summed E-state index contributed by atoms with van der Waals surface area (Å²) < 4.78 is 5.21. The smallest absolute Gasteiger partial charge is 0.185 e. The van der Waals surface area contributed by atoms with E-state index in [2.05, 4.69) is 0 Å². The van der Waals surface area contributed by atoms with Gasteiger partial charge in [0.1, 0.15) is 6.10 Å². The highest BCUT2D eigenvalue weighted by Crippen LogP contribution is 2.27. The molecule has 4 heteroatoms. The normalized spacial score (nSPS) is 25.5. The number of ketones is 3. The molecule has 0 aromatic rings. The third-order valence-corrected chi connectivity index (χ3v) is 2.54. The van der Waals surface area contributed by atoms with Crippen LogP contribution < -0.4 is 0 Å². The van der Waals surface area contributed by atoms with Gasteiger partial charge in [0.05, 0.1) is 6.61 Å². The molecule has 78 valence electrons. The summed E-state index contributed by atoms with van der Waals surface area (Å²) in [6.07, 6.45) is 2.01. The van der Waals surface area contributed by atoms with Crippen molar-refractivity contribution in [3.8, 4) is 0 Å². The molecule has 0 saturated heterocycles. The van der Waals surface area contributed by atoms with Gasteiger partial charge in [0, 0.05) is 17.6 Å². The second-order valence-electron chi connectivity index (χ2n) is 3.57. The maximum atomic E-state index is 11.6. The fraction of sp³-hybridized carbons (Fsp3) is 0.364. The lowest BCUT2D eigenvalue weighted by Crippen LogP contribution is -2.36. The van der Waals surface area contributed by atoms with Gasteiger partial charge in [-0.25, -0.2) is 0 Å². The van der Waals surface area contributed by atoms with Gasteiger partial charge in [0.2, 0.25) is 0 Å². The molecule has 1 heterocycles. The Labute approximate surface area is 86.6 Å². The van der Waals surface area contributed by atoms with E-state index in [1.54, 1.807) is 0 Å². The van der Waals surface area contributed by atoms with Crippen LogP contribution in [0.15, 0.2) is 23.3 Å². The molecular weight excluding hydrogens is 196 g/mol. The standard InChI is InChI=1S/C11H10O4/c1-6(12)11-10-7(4-5-15-11)8(13)2-3-9(10)14/h2-3,11H,4-5H2,1H3. The Morgan fingerprint density at radius 2 is 2.00 bits per heavy atom. The number of hydrogen-bond acceptors (Lipinski definition) is 4.